The highest BCUT2D eigenvalue weighted by Gasteiger charge is 2.33. The molecule has 21 heavy (non-hydrogen) atoms. The van der Waals surface area contributed by atoms with Crippen molar-refractivity contribution in [1.82, 2.24) is 10.2 Å². The number of likely N-dealkylation sites (tertiary alicyclic amines) is 1. The number of nitrogens with one attached hydrogen (secondary N) is 1. The highest BCUT2D eigenvalue weighted by Crippen LogP contribution is 2.34. The second kappa shape index (κ2) is 7.50. The van der Waals surface area contributed by atoms with E-state index in [2.05, 4.69) is 12.2 Å². The molecule has 0 aromatic carbocycles. The molecule has 0 aliphatic carbocycles. The minimum atomic E-state index is -0.0336. The molecule has 1 fully saturated rings. The van der Waals surface area contributed by atoms with Crippen molar-refractivity contribution in [3.63, 3.8) is 0 Å². The van der Waals surface area contributed by atoms with Crippen molar-refractivity contribution in [1.29, 1.82) is 0 Å². The molecule has 0 bridgehead atoms. The number of carbonyl (C=O) groups is 1. The van der Waals surface area contributed by atoms with Crippen molar-refractivity contribution < 1.29 is 14.3 Å². The monoisotopic (exact) mass is 294 g/mol. The van der Waals surface area contributed by atoms with Crippen molar-refractivity contribution in [3.8, 4) is 0 Å². The molecule has 3 unspecified atom stereocenters. The SMILES string of the molecule is CC1CCN(C(=O)NC(C)CCCO)C(c2ccco2)C1. The van der Waals surface area contributed by atoms with Crippen LogP contribution in [0.1, 0.15) is 51.3 Å². The molecule has 0 radical (unpaired) electrons. The molecule has 2 rings (SSSR count). The van der Waals surface area contributed by atoms with Crippen LogP contribution < -0.4 is 5.32 Å². The maximum Gasteiger partial charge on any atom is 0.318 e. The number of aliphatic hydroxyl groups excluding tert-OH is 1. The summed E-state index contributed by atoms with van der Waals surface area (Å²) in [4.78, 5) is 14.4. The van der Waals surface area contributed by atoms with Crippen molar-refractivity contribution in [2.45, 2.75) is 51.6 Å². The summed E-state index contributed by atoms with van der Waals surface area (Å²) < 4.78 is 5.52. The molecule has 1 aromatic heterocycles. The third-order valence-corrected chi connectivity index (χ3v) is 4.16. The van der Waals surface area contributed by atoms with Crippen LogP contribution in [0.2, 0.25) is 0 Å². The summed E-state index contributed by atoms with van der Waals surface area (Å²) in [6, 6.07) is 3.87. The van der Waals surface area contributed by atoms with Crippen LogP contribution >= 0.6 is 0 Å². The Morgan fingerprint density at radius 2 is 2.43 bits per heavy atom. The van der Waals surface area contributed by atoms with Crippen LogP contribution in [0.3, 0.4) is 0 Å². The van der Waals surface area contributed by atoms with E-state index in [1.54, 1.807) is 6.26 Å². The van der Waals surface area contributed by atoms with Gasteiger partial charge in [0.25, 0.3) is 0 Å². The Labute approximate surface area is 126 Å². The summed E-state index contributed by atoms with van der Waals surface area (Å²) in [5, 5.41) is 11.9. The van der Waals surface area contributed by atoms with E-state index in [-0.39, 0.29) is 24.7 Å². The van der Waals surface area contributed by atoms with Crippen molar-refractivity contribution in [2.24, 2.45) is 5.92 Å². The zero-order chi connectivity index (χ0) is 15.2. The summed E-state index contributed by atoms with van der Waals surface area (Å²) >= 11 is 0. The Hall–Kier alpha value is -1.49. The van der Waals surface area contributed by atoms with Gasteiger partial charge in [-0.25, -0.2) is 4.79 Å². The zero-order valence-electron chi connectivity index (χ0n) is 12.9. The molecule has 2 heterocycles. The van der Waals surface area contributed by atoms with Gasteiger partial charge in [0.2, 0.25) is 0 Å². The first kappa shape index (κ1) is 15.9. The topological polar surface area (TPSA) is 65.7 Å². The normalized spacial score (nSPS) is 23.9. The van der Waals surface area contributed by atoms with Crippen LogP contribution in [0, 0.1) is 5.92 Å². The molecule has 2 amide bonds. The Morgan fingerprint density at radius 1 is 1.62 bits per heavy atom. The summed E-state index contributed by atoms with van der Waals surface area (Å²) in [6.07, 6.45) is 5.12. The van der Waals surface area contributed by atoms with Crippen LogP contribution in [-0.2, 0) is 0 Å². The molecular formula is C16H26N2O3. The third-order valence-electron chi connectivity index (χ3n) is 4.16. The lowest BCUT2D eigenvalue weighted by atomic mass is 9.91. The molecule has 3 atom stereocenters. The smallest absolute Gasteiger partial charge is 0.318 e. The molecule has 1 aliphatic rings. The fraction of sp³-hybridized carbons (Fsp3) is 0.688. The summed E-state index contributed by atoms with van der Waals surface area (Å²) in [6.45, 7) is 5.11. The maximum absolute atomic E-state index is 12.5. The third kappa shape index (κ3) is 4.24. The Kier molecular flexibility index (Phi) is 5.67. The number of furan rings is 1. The van der Waals surface area contributed by atoms with Crippen LogP contribution in [0.25, 0.3) is 0 Å². The number of hydrogen-bond donors (Lipinski definition) is 2. The molecule has 5 nitrogen and oxygen atoms in total. The van der Waals surface area contributed by atoms with Gasteiger partial charge in [-0.05, 0) is 50.7 Å². The van der Waals surface area contributed by atoms with E-state index in [1.807, 2.05) is 24.0 Å². The zero-order valence-corrected chi connectivity index (χ0v) is 12.9. The number of urea groups is 1. The van der Waals surface area contributed by atoms with Gasteiger partial charge in [-0.15, -0.1) is 0 Å². The van der Waals surface area contributed by atoms with Gasteiger partial charge in [-0.1, -0.05) is 6.92 Å². The van der Waals surface area contributed by atoms with Gasteiger partial charge in [-0.3, -0.25) is 0 Å². The van der Waals surface area contributed by atoms with Crippen molar-refractivity contribution in [2.75, 3.05) is 13.2 Å². The van der Waals surface area contributed by atoms with Gasteiger partial charge in [-0.2, -0.15) is 0 Å². The average Bonchev–Trinajstić information content (AvgIpc) is 2.99. The number of amides is 2. The number of carbonyl (C=O) groups excluding carboxylic acids is 1. The lowest BCUT2D eigenvalue weighted by molar-refractivity contribution is 0.117. The van der Waals surface area contributed by atoms with Gasteiger partial charge < -0.3 is 19.7 Å². The average molecular weight is 294 g/mol. The van der Waals surface area contributed by atoms with Crippen molar-refractivity contribution >= 4 is 6.03 Å². The Balaban J connectivity index is 2.00. The molecule has 2 N–H and O–H groups in total. The second-order valence-electron chi connectivity index (χ2n) is 6.07. The van der Waals surface area contributed by atoms with E-state index in [9.17, 15) is 4.79 Å². The van der Waals surface area contributed by atoms with Gasteiger partial charge in [0.15, 0.2) is 0 Å². The quantitative estimate of drug-likeness (QED) is 0.877. The lowest BCUT2D eigenvalue weighted by Crippen LogP contribution is -2.48. The standard InChI is InChI=1S/C16H26N2O3/c1-12-7-8-18(14(11-12)15-6-4-10-21-15)16(20)17-13(2)5-3-9-19/h4,6,10,12-14,19H,3,5,7-9,11H2,1-2H3,(H,17,20). The lowest BCUT2D eigenvalue weighted by Gasteiger charge is -2.38. The van der Waals surface area contributed by atoms with Crippen LogP contribution in [0.4, 0.5) is 4.79 Å². The summed E-state index contributed by atoms with van der Waals surface area (Å²) in [5.41, 5.74) is 0. The highest BCUT2D eigenvalue weighted by molar-refractivity contribution is 5.75. The predicted molar refractivity (Wildman–Crippen MR) is 80.9 cm³/mol. The first-order valence-corrected chi connectivity index (χ1v) is 7.83. The molecule has 0 saturated carbocycles. The van der Waals surface area contributed by atoms with Crippen LogP contribution in [0.15, 0.2) is 22.8 Å². The number of nitrogens with zero attached hydrogens (tertiary/aromatic N) is 1. The fourth-order valence-electron chi connectivity index (χ4n) is 2.90. The first-order chi connectivity index (χ1) is 10.1. The summed E-state index contributed by atoms with van der Waals surface area (Å²) in [7, 11) is 0. The van der Waals surface area contributed by atoms with Crippen LogP contribution in [0.5, 0.6) is 0 Å². The van der Waals surface area contributed by atoms with E-state index < -0.39 is 0 Å². The minimum Gasteiger partial charge on any atom is -0.467 e. The second-order valence-corrected chi connectivity index (χ2v) is 6.07. The van der Waals surface area contributed by atoms with Gasteiger partial charge >= 0.3 is 6.03 Å². The van der Waals surface area contributed by atoms with E-state index in [0.29, 0.717) is 12.3 Å². The van der Waals surface area contributed by atoms with Crippen LogP contribution in [-0.4, -0.2) is 35.2 Å². The van der Waals surface area contributed by atoms with Gasteiger partial charge in [0, 0.05) is 19.2 Å². The molecule has 5 heteroatoms. The molecule has 1 saturated heterocycles. The maximum atomic E-state index is 12.5. The molecule has 0 spiro atoms. The number of hydrogen-bond acceptors (Lipinski definition) is 3. The van der Waals surface area contributed by atoms with Gasteiger partial charge in [0.05, 0.1) is 12.3 Å². The molecule has 1 aromatic rings. The number of piperidine rings is 1. The molecular weight excluding hydrogens is 268 g/mol. The van der Waals surface area contributed by atoms with E-state index in [0.717, 1.165) is 31.6 Å². The number of rotatable bonds is 5. The summed E-state index contributed by atoms with van der Waals surface area (Å²) in [5.74, 6) is 1.45. The largest absolute Gasteiger partial charge is 0.467 e. The number of aliphatic hydroxyl groups is 1. The first-order valence-electron chi connectivity index (χ1n) is 7.83. The van der Waals surface area contributed by atoms with Crippen molar-refractivity contribution in [3.05, 3.63) is 24.2 Å². The highest BCUT2D eigenvalue weighted by atomic mass is 16.3. The predicted octanol–water partition coefficient (Wildman–Crippen LogP) is 2.92. The Morgan fingerprint density at radius 3 is 3.10 bits per heavy atom. The molecule has 1 aliphatic heterocycles. The van der Waals surface area contributed by atoms with Gasteiger partial charge in [0.1, 0.15) is 5.76 Å². The van der Waals surface area contributed by atoms with E-state index >= 15 is 0 Å². The fourth-order valence-corrected chi connectivity index (χ4v) is 2.90. The Bertz CT molecular complexity index is 433. The van der Waals surface area contributed by atoms with E-state index in [1.165, 1.54) is 0 Å². The minimum absolute atomic E-state index is 0.0220. The van der Waals surface area contributed by atoms with E-state index in [4.69, 9.17) is 9.52 Å². The molecule has 118 valence electrons.